The minimum absolute atomic E-state index is 0.351. The Kier molecular flexibility index (Phi) is 4.21. The van der Waals surface area contributed by atoms with Crippen molar-refractivity contribution in [3.8, 4) is 6.07 Å². The summed E-state index contributed by atoms with van der Waals surface area (Å²) in [6.07, 6.45) is 0. The Hall–Kier alpha value is -0.750. The molecule has 1 aromatic rings. The van der Waals surface area contributed by atoms with Crippen LogP contribution >= 0.6 is 23.2 Å². The van der Waals surface area contributed by atoms with Crippen molar-refractivity contribution in [2.75, 3.05) is 6.54 Å². The fourth-order valence-electron chi connectivity index (χ4n) is 1.18. The molecular weight excluding hydrogens is 219 g/mol. The minimum atomic E-state index is -0.351. The van der Waals surface area contributed by atoms with E-state index in [1.807, 2.05) is 6.92 Å². The van der Waals surface area contributed by atoms with Crippen molar-refractivity contribution >= 4 is 23.2 Å². The molecule has 0 bridgehead atoms. The smallest absolute Gasteiger partial charge is 0.121 e. The summed E-state index contributed by atoms with van der Waals surface area (Å²) < 4.78 is 0. The number of benzene rings is 1. The topological polar surface area (TPSA) is 35.8 Å². The van der Waals surface area contributed by atoms with Crippen molar-refractivity contribution in [2.24, 2.45) is 0 Å². The van der Waals surface area contributed by atoms with Gasteiger partial charge in [0.2, 0.25) is 0 Å². The molecule has 0 aliphatic rings. The fraction of sp³-hybridized carbons (Fsp3) is 0.300. The molecule has 2 nitrogen and oxygen atoms in total. The molecule has 0 saturated carbocycles. The highest BCUT2D eigenvalue weighted by Crippen LogP contribution is 2.23. The zero-order chi connectivity index (χ0) is 10.6. The van der Waals surface area contributed by atoms with Gasteiger partial charge in [0, 0.05) is 10.0 Å². The summed E-state index contributed by atoms with van der Waals surface area (Å²) in [6, 6.07) is 6.92. The van der Waals surface area contributed by atoms with E-state index >= 15 is 0 Å². The Labute approximate surface area is 93.4 Å². The summed E-state index contributed by atoms with van der Waals surface area (Å²) in [5.74, 6) is 0. The predicted octanol–water partition coefficient (Wildman–Crippen LogP) is 3.17. The van der Waals surface area contributed by atoms with Crippen LogP contribution < -0.4 is 5.32 Å². The van der Waals surface area contributed by atoms with Gasteiger partial charge in [-0.05, 0) is 30.3 Å². The van der Waals surface area contributed by atoms with E-state index in [9.17, 15) is 0 Å². The third-order valence-corrected chi connectivity index (χ3v) is 2.19. The SMILES string of the molecule is CCNC(C#N)c1cc(Cl)cc(Cl)c1. The number of nitrogens with one attached hydrogen (secondary N) is 1. The van der Waals surface area contributed by atoms with Gasteiger partial charge in [0.1, 0.15) is 6.04 Å². The Balaban J connectivity index is 2.99. The monoisotopic (exact) mass is 228 g/mol. The average molecular weight is 229 g/mol. The standard InChI is InChI=1S/C10H10Cl2N2/c1-2-14-10(6-13)7-3-8(11)5-9(12)4-7/h3-5,10,14H,2H2,1H3. The molecule has 1 aromatic carbocycles. The van der Waals surface area contributed by atoms with E-state index in [1.165, 1.54) is 0 Å². The van der Waals surface area contributed by atoms with E-state index < -0.39 is 0 Å². The van der Waals surface area contributed by atoms with E-state index in [0.717, 1.165) is 12.1 Å². The molecule has 1 N–H and O–H groups in total. The molecule has 1 atom stereocenters. The molecule has 74 valence electrons. The molecule has 0 aliphatic heterocycles. The molecule has 0 radical (unpaired) electrons. The van der Waals surface area contributed by atoms with E-state index in [0.29, 0.717) is 10.0 Å². The van der Waals surface area contributed by atoms with Crippen molar-refractivity contribution in [2.45, 2.75) is 13.0 Å². The van der Waals surface area contributed by atoms with Crippen molar-refractivity contribution < 1.29 is 0 Å². The second kappa shape index (κ2) is 5.21. The van der Waals surface area contributed by atoms with Gasteiger partial charge in [-0.3, -0.25) is 5.32 Å². The maximum Gasteiger partial charge on any atom is 0.121 e. The third-order valence-electron chi connectivity index (χ3n) is 1.76. The van der Waals surface area contributed by atoms with E-state index in [2.05, 4.69) is 11.4 Å². The zero-order valence-corrected chi connectivity index (χ0v) is 9.23. The highest BCUT2D eigenvalue weighted by atomic mass is 35.5. The molecule has 0 saturated heterocycles. The van der Waals surface area contributed by atoms with Gasteiger partial charge in [0.05, 0.1) is 6.07 Å². The van der Waals surface area contributed by atoms with Gasteiger partial charge in [0.15, 0.2) is 0 Å². The van der Waals surface area contributed by atoms with Crippen LogP contribution in [0.15, 0.2) is 18.2 Å². The van der Waals surface area contributed by atoms with Crippen LogP contribution in [-0.2, 0) is 0 Å². The summed E-state index contributed by atoms with van der Waals surface area (Å²) in [7, 11) is 0. The van der Waals surface area contributed by atoms with Gasteiger partial charge in [-0.1, -0.05) is 30.1 Å². The summed E-state index contributed by atoms with van der Waals surface area (Å²) in [5.41, 5.74) is 0.798. The lowest BCUT2D eigenvalue weighted by Crippen LogP contribution is -2.19. The number of hydrogen-bond donors (Lipinski definition) is 1. The first kappa shape index (κ1) is 11.3. The van der Waals surface area contributed by atoms with E-state index in [1.54, 1.807) is 18.2 Å². The lowest BCUT2D eigenvalue weighted by atomic mass is 10.1. The molecule has 1 unspecified atom stereocenters. The van der Waals surface area contributed by atoms with E-state index in [4.69, 9.17) is 28.5 Å². The normalized spacial score (nSPS) is 12.1. The molecule has 0 heterocycles. The van der Waals surface area contributed by atoms with Crippen LogP contribution in [0.2, 0.25) is 10.0 Å². The van der Waals surface area contributed by atoms with Gasteiger partial charge in [-0.2, -0.15) is 5.26 Å². The maximum absolute atomic E-state index is 8.89. The molecule has 0 amide bonds. The number of nitrogens with zero attached hydrogens (tertiary/aromatic N) is 1. The molecule has 0 aromatic heterocycles. The Morgan fingerprint density at radius 2 is 1.93 bits per heavy atom. The van der Waals surface area contributed by atoms with Crippen molar-refractivity contribution in [3.63, 3.8) is 0 Å². The molecule has 4 heteroatoms. The lowest BCUT2D eigenvalue weighted by molar-refractivity contribution is 0.658. The number of halogens is 2. The number of hydrogen-bond acceptors (Lipinski definition) is 2. The van der Waals surface area contributed by atoms with Gasteiger partial charge >= 0.3 is 0 Å². The Bertz CT molecular complexity index is 337. The van der Waals surface area contributed by atoms with Crippen LogP contribution in [0.3, 0.4) is 0 Å². The van der Waals surface area contributed by atoms with Gasteiger partial charge in [0.25, 0.3) is 0 Å². The summed E-state index contributed by atoms with van der Waals surface area (Å²) in [4.78, 5) is 0. The molecular formula is C10H10Cl2N2. The van der Waals surface area contributed by atoms with Crippen molar-refractivity contribution in [1.82, 2.24) is 5.32 Å². The van der Waals surface area contributed by atoms with Crippen LogP contribution in [0.1, 0.15) is 18.5 Å². The molecule has 1 rings (SSSR count). The first-order chi connectivity index (χ1) is 6.67. The van der Waals surface area contributed by atoms with E-state index in [-0.39, 0.29) is 6.04 Å². The molecule has 0 fully saturated rings. The average Bonchev–Trinajstić information content (AvgIpc) is 2.12. The number of nitriles is 1. The minimum Gasteiger partial charge on any atom is -0.298 e. The van der Waals surface area contributed by atoms with Crippen LogP contribution in [0.25, 0.3) is 0 Å². The fourth-order valence-corrected chi connectivity index (χ4v) is 1.73. The highest BCUT2D eigenvalue weighted by Gasteiger charge is 2.09. The first-order valence-electron chi connectivity index (χ1n) is 4.26. The summed E-state index contributed by atoms with van der Waals surface area (Å²) in [5, 5.41) is 13.0. The maximum atomic E-state index is 8.89. The third kappa shape index (κ3) is 2.88. The van der Waals surface area contributed by atoms with Crippen LogP contribution in [0.5, 0.6) is 0 Å². The summed E-state index contributed by atoms with van der Waals surface area (Å²) >= 11 is 11.7. The second-order valence-corrected chi connectivity index (χ2v) is 3.70. The lowest BCUT2D eigenvalue weighted by Gasteiger charge is -2.10. The molecule has 0 spiro atoms. The zero-order valence-electron chi connectivity index (χ0n) is 7.72. The quantitative estimate of drug-likeness (QED) is 0.863. The van der Waals surface area contributed by atoms with Crippen LogP contribution in [0.4, 0.5) is 0 Å². The van der Waals surface area contributed by atoms with Gasteiger partial charge in [-0.15, -0.1) is 0 Å². The van der Waals surface area contributed by atoms with Crippen LogP contribution in [0, 0.1) is 11.3 Å². The van der Waals surface area contributed by atoms with Crippen molar-refractivity contribution in [3.05, 3.63) is 33.8 Å². The molecule has 14 heavy (non-hydrogen) atoms. The predicted molar refractivity (Wildman–Crippen MR) is 58.5 cm³/mol. The largest absolute Gasteiger partial charge is 0.298 e. The van der Waals surface area contributed by atoms with Gasteiger partial charge in [-0.25, -0.2) is 0 Å². The Morgan fingerprint density at radius 3 is 2.36 bits per heavy atom. The first-order valence-corrected chi connectivity index (χ1v) is 5.02. The Morgan fingerprint density at radius 1 is 1.36 bits per heavy atom. The summed E-state index contributed by atoms with van der Waals surface area (Å²) in [6.45, 7) is 2.67. The molecule has 0 aliphatic carbocycles. The number of rotatable bonds is 3. The second-order valence-electron chi connectivity index (χ2n) is 2.82. The highest BCUT2D eigenvalue weighted by molar-refractivity contribution is 6.34. The van der Waals surface area contributed by atoms with Crippen LogP contribution in [-0.4, -0.2) is 6.54 Å². The van der Waals surface area contributed by atoms with Crippen molar-refractivity contribution in [1.29, 1.82) is 5.26 Å². The van der Waals surface area contributed by atoms with Gasteiger partial charge < -0.3 is 0 Å².